The minimum absolute atomic E-state index is 0.0978. The summed E-state index contributed by atoms with van der Waals surface area (Å²) in [4.78, 5) is 2.18. The molecule has 0 N–H and O–H groups in total. The topological polar surface area (TPSA) is 3.24 Å². The van der Waals surface area contributed by atoms with Gasteiger partial charge >= 0.3 is 0 Å². The van der Waals surface area contributed by atoms with Crippen LogP contribution in [0.4, 0.5) is 10.1 Å². The third-order valence-corrected chi connectivity index (χ3v) is 2.38. The number of hydrogen-bond acceptors (Lipinski definition) is 1. The van der Waals surface area contributed by atoms with E-state index in [9.17, 15) is 4.39 Å². The van der Waals surface area contributed by atoms with E-state index in [4.69, 9.17) is 0 Å². The molecule has 1 fully saturated rings. The van der Waals surface area contributed by atoms with Gasteiger partial charge < -0.3 is 4.90 Å². The van der Waals surface area contributed by atoms with Gasteiger partial charge in [-0.25, -0.2) is 4.39 Å². The van der Waals surface area contributed by atoms with E-state index in [2.05, 4.69) is 4.90 Å². The van der Waals surface area contributed by atoms with Crippen molar-refractivity contribution in [3.63, 3.8) is 0 Å². The normalized spacial score (nSPS) is 14.1. The van der Waals surface area contributed by atoms with Gasteiger partial charge in [0.05, 0.1) is 0 Å². The van der Waals surface area contributed by atoms with Crippen LogP contribution in [0.2, 0.25) is 0 Å². The highest BCUT2D eigenvalue weighted by molar-refractivity contribution is 5.49. The Bertz CT molecular complexity index is 292. The van der Waals surface area contributed by atoms with Crippen LogP contribution in [0.1, 0.15) is 25.8 Å². The molecular weight excluding hydrogens is 177 g/mol. The monoisotopic (exact) mass is 195 g/mol. The lowest BCUT2D eigenvalue weighted by molar-refractivity contribution is 0.599. The van der Waals surface area contributed by atoms with Gasteiger partial charge in [0.15, 0.2) is 0 Å². The van der Waals surface area contributed by atoms with Gasteiger partial charge in [0.25, 0.3) is 0 Å². The van der Waals surface area contributed by atoms with Crippen molar-refractivity contribution in [3.8, 4) is 0 Å². The van der Waals surface area contributed by atoms with E-state index in [0.29, 0.717) is 0 Å². The molecule has 1 aliphatic heterocycles. The maximum absolute atomic E-state index is 13.1. The molecule has 78 valence electrons. The van der Waals surface area contributed by atoms with Crippen molar-refractivity contribution < 1.29 is 4.39 Å². The van der Waals surface area contributed by atoms with Crippen molar-refractivity contribution in [2.45, 2.75) is 27.2 Å². The Labute approximate surface area is 85.5 Å². The number of hydrogen-bond donors (Lipinski definition) is 0. The summed E-state index contributed by atoms with van der Waals surface area (Å²) in [6.07, 6.45) is 1.23. The van der Waals surface area contributed by atoms with E-state index >= 15 is 0 Å². The molecule has 0 amide bonds. The molecule has 1 aromatic rings. The third-order valence-electron chi connectivity index (χ3n) is 2.38. The summed E-state index contributed by atoms with van der Waals surface area (Å²) in [6, 6.07) is 5.44. The van der Waals surface area contributed by atoms with E-state index in [0.717, 1.165) is 24.3 Å². The second-order valence-corrected chi connectivity index (χ2v) is 3.27. The Hall–Kier alpha value is -1.05. The molecule has 2 heteroatoms. The second-order valence-electron chi connectivity index (χ2n) is 3.27. The molecule has 0 spiro atoms. The molecule has 1 saturated heterocycles. The highest BCUT2D eigenvalue weighted by Crippen LogP contribution is 2.22. The summed E-state index contributed by atoms with van der Waals surface area (Å²) < 4.78 is 13.1. The van der Waals surface area contributed by atoms with Crippen LogP contribution < -0.4 is 4.90 Å². The summed E-state index contributed by atoms with van der Waals surface area (Å²) in [7, 11) is 0. The van der Waals surface area contributed by atoms with E-state index in [-0.39, 0.29) is 5.82 Å². The average Bonchev–Trinajstić information content (AvgIpc) is 2.12. The zero-order chi connectivity index (χ0) is 10.6. The summed E-state index contributed by atoms with van der Waals surface area (Å²) in [5.74, 6) is -0.0978. The quantitative estimate of drug-likeness (QED) is 0.664. The van der Waals surface area contributed by atoms with Crippen molar-refractivity contribution >= 4 is 5.69 Å². The van der Waals surface area contributed by atoms with Gasteiger partial charge in [-0.2, -0.15) is 0 Å². The van der Waals surface area contributed by atoms with Crippen molar-refractivity contribution in [2.75, 3.05) is 18.0 Å². The van der Waals surface area contributed by atoms with Crippen molar-refractivity contribution in [1.29, 1.82) is 0 Å². The van der Waals surface area contributed by atoms with Gasteiger partial charge in [-0.1, -0.05) is 19.9 Å². The van der Waals surface area contributed by atoms with Crippen LogP contribution in [0, 0.1) is 12.7 Å². The zero-order valence-electron chi connectivity index (χ0n) is 9.18. The fraction of sp³-hybridized carbons (Fsp3) is 0.500. The molecule has 0 radical (unpaired) electrons. The third kappa shape index (κ3) is 2.25. The Morgan fingerprint density at radius 1 is 1.21 bits per heavy atom. The average molecular weight is 195 g/mol. The van der Waals surface area contributed by atoms with Gasteiger partial charge in [0.2, 0.25) is 0 Å². The lowest BCUT2D eigenvalue weighted by Crippen LogP contribution is -2.36. The van der Waals surface area contributed by atoms with E-state index in [1.165, 1.54) is 6.42 Å². The lowest BCUT2D eigenvalue weighted by atomic mass is 10.1. The second kappa shape index (κ2) is 4.99. The fourth-order valence-electron chi connectivity index (χ4n) is 1.35. The molecule has 1 nitrogen and oxygen atoms in total. The standard InChI is InChI=1S/C10H12FN.C2H6/c1-8-3-4-9(7-10(8)11)12-5-2-6-12;1-2/h3-4,7H,2,5-6H2,1H3;1-2H3. The first kappa shape index (κ1) is 11.0. The molecule has 0 atom stereocenters. The minimum atomic E-state index is -0.0978. The summed E-state index contributed by atoms with van der Waals surface area (Å²) in [5.41, 5.74) is 1.74. The van der Waals surface area contributed by atoms with Crippen LogP contribution in [-0.4, -0.2) is 13.1 Å². The summed E-state index contributed by atoms with van der Waals surface area (Å²) in [5, 5.41) is 0. The molecule has 1 aliphatic rings. The predicted molar refractivity (Wildman–Crippen MR) is 59.3 cm³/mol. The molecule has 0 saturated carbocycles. The number of aryl methyl sites for hydroxylation is 1. The van der Waals surface area contributed by atoms with Crippen LogP contribution >= 0.6 is 0 Å². The van der Waals surface area contributed by atoms with Crippen LogP contribution in [0.15, 0.2) is 18.2 Å². The van der Waals surface area contributed by atoms with Gasteiger partial charge in [0.1, 0.15) is 5.82 Å². The SMILES string of the molecule is CC.Cc1ccc(N2CCC2)cc1F. The maximum atomic E-state index is 13.1. The Kier molecular flexibility index (Phi) is 3.93. The largest absolute Gasteiger partial charge is 0.371 e. The Balaban J connectivity index is 0.000000461. The number of halogens is 1. The van der Waals surface area contributed by atoms with Crippen LogP contribution in [0.25, 0.3) is 0 Å². The smallest absolute Gasteiger partial charge is 0.128 e. The van der Waals surface area contributed by atoms with E-state index in [1.807, 2.05) is 26.0 Å². The number of nitrogens with zero attached hydrogens (tertiary/aromatic N) is 1. The van der Waals surface area contributed by atoms with E-state index < -0.39 is 0 Å². The number of anilines is 1. The van der Waals surface area contributed by atoms with Gasteiger partial charge in [-0.05, 0) is 31.0 Å². The first-order valence-electron chi connectivity index (χ1n) is 5.28. The highest BCUT2D eigenvalue weighted by atomic mass is 19.1. The number of rotatable bonds is 1. The maximum Gasteiger partial charge on any atom is 0.128 e. The molecule has 14 heavy (non-hydrogen) atoms. The molecule has 0 aromatic heterocycles. The summed E-state index contributed by atoms with van der Waals surface area (Å²) >= 11 is 0. The molecule has 1 heterocycles. The van der Waals surface area contributed by atoms with Crippen LogP contribution in [0.5, 0.6) is 0 Å². The minimum Gasteiger partial charge on any atom is -0.371 e. The highest BCUT2D eigenvalue weighted by Gasteiger charge is 2.14. The zero-order valence-corrected chi connectivity index (χ0v) is 9.18. The van der Waals surface area contributed by atoms with E-state index in [1.54, 1.807) is 13.0 Å². The Morgan fingerprint density at radius 3 is 2.29 bits per heavy atom. The molecular formula is C12H18FN. The first-order valence-corrected chi connectivity index (χ1v) is 5.28. The molecule has 0 unspecified atom stereocenters. The summed E-state index contributed by atoms with van der Waals surface area (Å²) in [6.45, 7) is 7.93. The van der Waals surface area contributed by atoms with Crippen molar-refractivity contribution in [1.82, 2.24) is 0 Å². The number of benzene rings is 1. The molecule has 0 aliphatic carbocycles. The fourth-order valence-corrected chi connectivity index (χ4v) is 1.35. The lowest BCUT2D eigenvalue weighted by Gasteiger charge is -2.33. The van der Waals surface area contributed by atoms with Gasteiger partial charge in [-0.3, -0.25) is 0 Å². The molecule has 1 aromatic carbocycles. The predicted octanol–water partition coefficient (Wildman–Crippen LogP) is 3.37. The van der Waals surface area contributed by atoms with Crippen LogP contribution in [0.3, 0.4) is 0 Å². The first-order chi connectivity index (χ1) is 6.77. The van der Waals surface area contributed by atoms with Crippen molar-refractivity contribution in [3.05, 3.63) is 29.6 Å². The van der Waals surface area contributed by atoms with Crippen LogP contribution in [-0.2, 0) is 0 Å². The van der Waals surface area contributed by atoms with Crippen molar-refractivity contribution in [2.24, 2.45) is 0 Å². The molecule has 0 bridgehead atoms. The Morgan fingerprint density at radius 2 is 1.86 bits per heavy atom. The molecule has 2 rings (SSSR count). The van der Waals surface area contributed by atoms with Gasteiger partial charge in [-0.15, -0.1) is 0 Å². The van der Waals surface area contributed by atoms with Gasteiger partial charge in [0, 0.05) is 18.8 Å².